The van der Waals surface area contributed by atoms with Crippen LogP contribution in [0.3, 0.4) is 0 Å². The summed E-state index contributed by atoms with van der Waals surface area (Å²) in [6, 6.07) is 22.3. The first-order valence-electron chi connectivity index (χ1n) is 12.3. The molecule has 5 nitrogen and oxygen atoms in total. The molecule has 190 valence electrons. The first kappa shape index (κ1) is 27.3. The molecular weight excluding hydrogens is 472 g/mol. The summed E-state index contributed by atoms with van der Waals surface area (Å²) in [4.78, 5) is 28.7. The number of halogens is 1. The van der Waals surface area contributed by atoms with Crippen LogP contribution in [0.2, 0.25) is 5.02 Å². The Hall–Kier alpha value is -3.31. The highest BCUT2D eigenvalue weighted by molar-refractivity contribution is 6.30. The summed E-state index contributed by atoms with van der Waals surface area (Å²) in [6.07, 6.45) is 0.396. The van der Waals surface area contributed by atoms with E-state index in [1.807, 2.05) is 88.4 Å². The van der Waals surface area contributed by atoms with Gasteiger partial charge in [-0.05, 0) is 60.2 Å². The van der Waals surface area contributed by atoms with Crippen molar-refractivity contribution in [3.05, 3.63) is 100 Å². The van der Waals surface area contributed by atoms with Crippen LogP contribution in [0.4, 0.5) is 0 Å². The van der Waals surface area contributed by atoms with Gasteiger partial charge in [-0.2, -0.15) is 0 Å². The molecule has 0 aliphatic rings. The largest absolute Gasteiger partial charge is 0.483 e. The van der Waals surface area contributed by atoms with Crippen molar-refractivity contribution >= 4 is 23.4 Å². The Labute approximate surface area is 219 Å². The van der Waals surface area contributed by atoms with Crippen molar-refractivity contribution in [1.29, 1.82) is 0 Å². The lowest BCUT2D eigenvalue weighted by Crippen LogP contribution is -2.52. The standard InChI is InChI=1S/C30H35ClN2O3/c1-21(2)18-32-30(35)27(17-24-8-6-5-7-9-24)33(19-25-12-14-26(31)15-13-25)29(34)20-36-28-16-22(3)10-11-23(28)4/h5-16,21,27H,17-20H2,1-4H3,(H,32,35)/t27-/m1/s1. The van der Waals surface area contributed by atoms with Gasteiger partial charge in [0.05, 0.1) is 0 Å². The molecule has 0 saturated carbocycles. The van der Waals surface area contributed by atoms with Crippen molar-refractivity contribution in [3.63, 3.8) is 0 Å². The zero-order chi connectivity index (χ0) is 26.1. The van der Waals surface area contributed by atoms with Gasteiger partial charge in [0.2, 0.25) is 5.91 Å². The Morgan fingerprint density at radius 1 is 0.944 bits per heavy atom. The summed E-state index contributed by atoms with van der Waals surface area (Å²) in [6.45, 7) is 8.64. The lowest BCUT2D eigenvalue weighted by atomic mass is 10.0. The highest BCUT2D eigenvalue weighted by atomic mass is 35.5. The summed E-state index contributed by atoms with van der Waals surface area (Å²) in [5, 5.41) is 3.64. The van der Waals surface area contributed by atoms with Crippen LogP contribution < -0.4 is 10.1 Å². The maximum atomic E-state index is 13.7. The van der Waals surface area contributed by atoms with Gasteiger partial charge in [0, 0.05) is 24.5 Å². The number of nitrogens with one attached hydrogen (secondary N) is 1. The molecule has 0 spiro atoms. The number of nitrogens with zero attached hydrogens (tertiary/aromatic N) is 1. The second-order valence-corrected chi connectivity index (χ2v) is 9.99. The molecule has 0 aliphatic carbocycles. The van der Waals surface area contributed by atoms with E-state index in [4.69, 9.17) is 16.3 Å². The first-order chi connectivity index (χ1) is 17.2. The maximum absolute atomic E-state index is 13.7. The van der Waals surface area contributed by atoms with E-state index in [1.165, 1.54) is 0 Å². The third kappa shape index (κ3) is 8.13. The fraction of sp³-hybridized carbons (Fsp3) is 0.333. The highest BCUT2D eigenvalue weighted by Gasteiger charge is 2.30. The van der Waals surface area contributed by atoms with Crippen LogP contribution in [0.1, 0.15) is 36.1 Å². The topological polar surface area (TPSA) is 58.6 Å². The minimum atomic E-state index is -0.698. The number of carbonyl (C=O) groups is 2. The molecule has 36 heavy (non-hydrogen) atoms. The van der Waals surface area contributed by atoms with Crippen LogP contribution in [0, 0.1) is 19.8 Å². The van der Waals surface area contributed by atoms with Gasteiger partial charge in [-0.1, -0.05) is 80.0 Å². The number of carbonyl (C=O) groups excluding carboxylic acids is 2. The lowest BCUT2D eigenvalue weighted by Gasteiger charge is -2.32. The molecule has 0 saturated heterocycles. The minimum absolute atomic E-state index is 0.166. The fourth-order valence-corrected chi connectivity index (χ4v) is 3.97. The van der Waals surface area contributed by atoms with E-state index < -0.39 is 6.04 Å². The third-order valence-corrected chi connectivity index (χ3v) is 6.17. The number of amides is 2. The summed E-state index contributed by atoms with van der Waals surface area (Å²) < 4.78 is 5.95. The highest BCUT2D eigenvalue weighted by Crippen LogP contribution is 2.21. The normalized spacial score (nSPS) is 11.7. The predicted molar refractivity (Wildman–Crippen MR) is 145 cm³/mol. The minimum Gasteiger partial charge on any atom is -0.483 e. The van der Waals surface area contributed by atoms with E-state index in [1.54, 1.807) is 17.0 Å². The molecular formula is C30H35ClN2O3. The van der Waals surface area contributed by atoms with Crippen molar-refractivity contribution in [3.8, 4) is 5.75 Å². The molecule has 0 aliphatic heterocycles. The number of hydrogen-bond donors (Lipinski definition) is 1. The number of ether oxygens (including phenoxy) is 1. The van der Waals surface area contributed by atoms with Crippen LogP contribution in [-0.2, 0) is 22.6 Å². The summed E-state index contributed by atoms with van der Waals surface area (Å²) in [5.41, 5.74) is 3.87. The van der Waals surface area contributed by atoms with Gasteiger partial charge in [0.25, 0.3) is 5.91 Å². The third-order valence-electron chi connectivity index (χ3n) is 5.92. The molecule has 0 bridgehead atoms. The number of rotatable bonds is 11. The fourth-order valence-electron chi connectivity index (χ4n) is 3.85. The van der Waals surface area contributed by atoms with Crippen LogP contribution in [0.5, 0.6) is 5.75 Å². The zero-order valence-electron chi connectivity index (χ0n) is 21.5. The molecule has 3 rings (SSSR count). The van der Waals surface area contributed by atoms with Gasteiger partial charge in [0.1, 0.15) is 11.8 Å². The van der Waals surface area contributed by atoms with Crippen LogP contribution in [0.25, 0.3) is 0 Å². The number of hydrogen-bond acceptors (Lipinski definition) is 3. The molecule has 1 atom stereocenters. The molecule has 0 fully saturated rings. The van der Waals surface area contributed by atoms with Crippen molar-refractivity contribution in [2.75, 3.05) is 13.2 Å². The summed E-state index contributed by atoms with van der Waals surface area (Å²) in [7, 11) is 0. The van der Waals surface area contributed by atoms with Gasteiger partial charge < -0.3 is 15.0 Å². The molecule has 1 N–H and O–H groups in total. The second kappa shape index (κ2) is 13.1. The SMILES string of the molecule is Cc1ccc(C)c(OCC(=O)N(Cc2ccc(Cl)cc2)[C@H](Cc2ccccc2)C(=O)NCC(C)C)c1. The molecule has 0 aromatic heterocycles. The Kier molecular flexibility index (Phi) is 9.95. The molecule has 0 unspecified atom stereocenters. The second-order valence-electron chi connectivity index (χ2n) is 9.55. The molecule has 0 radical (unpaired) electrons. The molecule has 2 amide bonds. The molecule has 3 aromatic rings. The predicted octanol–water partition coefficient (Wildman–Crippen LogP) is 5.75. The molecule has 6 heteroatoms. The van der Waals surface area contributed by atoms with Gasteiger partial charge >= 0.3 is 0 Å². The maximum Gasteiger partial charge on any atom is 0.261 e. The van der Waals surface area contributed by atoms with E-state index in [0.717, 1.165) is 22.3 Å². The zero-order valence-corrected chi connectivity index (χ0v) is 22.2. The average Bonchev–Trinajstić information content (AvgIpc) is 2.86. The van der Waals surface area contributed by atoms with E-state index in [0.29, 0.717) is 29.7 Å². The van der Waals surface area contributed by atoms with Crippen LogP contribution in [-0.4, -0.2) is 35.9 Å². The van der Waals surface area contributed by atoms with E-state index in [9.17, 15) is 9.59 Å². The Balaban J connectivity index is 1.91. The Morgan fingerprint density at radius 3 is 2.31 bits per heavy atom. The monoisotopic (exact) mass is 506 g/mol. The van der Waals surface area contributed by atoms with Gasteiger partial charge in [-0.25, -0.2) is 0 Å². The summed E-state index contributed by atoms with van der Waals surface area (Å²) >= 11 is 6.08. The number of aryl methyl sites for hydroxylation is 2. The van der Waals surface area contributed by atoms with Crippen molar-refractivity contribution in [2.45, 2.75) is 46.7 Å². The van der Waals surface area contributed by atoms with Crippen LogP contribution in [0.15, 0.2) is 72.8 Å². The van der Waals surface area contributed by atoms with E-state index in [2.05, 4.69) is 5.32 Å². The van der Waals surface area contributed by atoms with Gasteiger partial charge in [0.15, 0.2) is 6.61 Å². The molecule has 0 heterocycles. The van der Waals surface area contributed by atoms with E-state index >= 15 is 0 Å². The molecule has 3 aromatic carbocycles. The van der Waals surface area contributed by atoms with Crippen LogP contribution >= 0.6 is 11.6 Å². The Morgan fingerprint density at radius 2 is 1.64 bits per heavy atom. The number of benzene rings is 3. The van der Waals surface area contributed by atoms with Crippen molar-refractivity contribution in [1.82, 2.24) is 10.2 Å². The van der Waals surface area contributed by atoms with Crippen molar-refractivity contribution in [2.24, 2.45) is 5.92 Å². The average molecular weight is 507 g/mol. The lowest BCUT2D eigenvalue weighted by molar-refractivity contribution is -0.142. The van der Waals surface area contributed by atoms with Gasteiger partial charge in [-0.3, -0.25) is 9.59 Å². The smallest absolute Gasteiger partial charge is 0.261 e. The Bertz CT molecular complexity index is 1150. The van der Waals surface area contributed by atoms with E-state index in [-0.39, 0.29) is 25.0 Å². The van der Waals surface area contributed by atoms with Gasteiger partial charge in [-0.15, -0.1) is 0 Å². The first-order valence-corrected chi connectivity index (χ1v) is 12.7. The van der Waals surface area contributed by atoms with Crippen molar-refractivity contribution < 1.29 is 14.3 Å². The summed E-state index contributed by atoms with van der Waals surface area (Å²) in [5.74, 6) is 0.520. The quantitative estimate of drug-likeness (QED) is 0.360.